The van der Waals surface area contributed by atoms with Gasteiger partial charge in [-0.05, 0) is 35.2 Å². The zero-order chi connectivity index (χ0) is 28.4. The molecular weight excluding hydrogens is 537 g/mol. The summed E-state index contributed by atoms with van der Waals surface area (Å²) in [5.41, 5.74) is 1.33. The Morgan fingerprint density at radius 2 is 1.69 bits per heavy atom. The number of hydrogen-bond acceptors (Lipinski definition) is 4. The molecule has 39 heavy (non-hydrogen) atoms. The number of anilines is 1. The Morgan fingerprint density at radius 3 is 2.33 bits per heavy atom. The van der Waals surface area contributed by atoms with Crippen LogP contribution in [0.2, 0.25) is 10.0 Å². The smallest absolute Gasteiger partial charge is 0.317 e. The van der Waals surface area contributed by atoms with Gasteiger partial charge in [0.2, 0.25) is 11.8 Å². The second kappa shape index (κ2) is 11.7. The van der Waals surface area contributed by atoms with E-state index in [1.807, 2.05) is 36.4 Å². The molecule has 1 atom stereocenters. The molecule has 4 rings (SSSR count). The second-order valence-electron chi connectivity index (χ2n) is 11.5. The van der Waals surface area contributed by atoms with Crippen LogP contribution in [-0.2, 0) is 21.5 Å². The highest BCUT2D eigenvalue weighted by molar-refractivity contribution is 6.31. The van der Waals surface area contributed by atoms with E-state index in [0.717, 1.165) is 11.1 Å². The lowest BCUT2D eigenvalue weighted by Gasteiger charge is -2.43. The number of hydrogen-bond donors (Lipinski definition) is 2. The molecule has 4 amide bonds. The van der Waals surface area contributed by atoms with Gasteiger partial charge >= 0.3 is 6.03 Å². The Balaban J connectivity index is 1.61. The van der Waals surface area contributed by atoms with E-state index in [9.17, 15) is 14.4 Å². The number of halogens is 2. The first-order chi connectivity index (χ1) is 18.4. The number of carbonyl (C=O) groups excluding carboxylic acids is 3. The van der Waals surface area contributed by atoms with E-state index >= 15 is 0 Å². The van der Waals surface area contributed by atoms with Crippen LogP contribution < -0.4 is 10.6 Å². The number of rotatable bonds is 7. The molecule has 2 aliphatic heterocycles. The fourth-order valence-corrected chi connectivity index (χ4v) is 5.87. The van der Waals surface area contributed by atoms with Gasteiger partial charge in [-0.2, -0.15) is 0 Å². The van der Waals surface area contributed by atoms with Gasteiger partial charge < -0.3 is 20.4 Å². The molecule has 0 aliphatic carbocycles. The van der Waals surface area contributed by atoms with Crippen molar-refractivity contribution in [3.05, 3.63) is 63.6 Å². The monoisotopic (exact) mass is 573 g/mol. The minimum absolute atomic E-state index is 0.0225. The van der Waals surface area contributed by atoms with Crippen molar-refractivity contribution in [1.82, 2.24) is 20.0 Å². The molecule has 0 bridgehead atoms. The molecule has 1 unspecified atom stereocenters. The molecule has 2 heterocycles. The second-order valence-corrected chi connectivity index (χ2v) is 12.4. The highest BCUT2D eigenvalue weighted by atomic mass is 35.5. The van der Waals surface area contributed by atoms with E-state index in [0.29, 0.717) is 68.0 Å². The Labute approximate surface area is 240 Å². The topological polar surface area (TPSA) is 85.0 Å². The molecular formula is C29H37Cl2N5O3. The van der Waals surface area contributed by atoms with Crippen molar-refractivity contribution in [3.8, 4) is 0 Å². The van der Waals surface area contributed by atoms with Crippen LogP contribution in [0.5, 0.6) is 0 Å². The minimum atomic E-state index is -1.02. The summed E-state index contributed by atoms with van der Waals surface area (Å²) >= 11 is 12.6. The van der Waals surface area contributed by atoms with Crippen LogP contribution in [-0.4, -0.2) is 78.4 Å². The molecule has 0 radical (unpaired) electrons. The summed E-state index contributed by atoms with van der Waals surface area (Å²) < 4.78 is 0. The van der Waals surface area contributed by atoms with Crippen LogP contribution in [0.3, 0.4) is 0 Å². The molecule has 8 nitrogen and oxygen atoms in total. The van der Waals surface area contributed by atoms with Crippen LogP contribution in [0.4, 0.5) is 10.5 Å². The van der Waals surface area contributed by atoms with Gasteiger partial charge in [0.1, 0.15) is 5.54 Å². The standard InChI is InChI=1S/C29H37Cl2N5O3/c1-20(37)34-12-14-35(15-13-34)27(39)32-10-11-36(19-28(2,3)4)29(18-21-6-5-7-22(30)16-21)24-9-8-23(31)17-25(24)33-26(29)38/h5-9,16-17H,10-15,18-19H2,1-4H3,(H,32,39)(H,33,38). The van der Waals surface area contributed by atoms with Crippen LogP contribution in [0.25, 0.3) is 0 Å². The van der Waals surface area contributed by atoms with Crippen molar-refractivity contribution in [2.24, 2.45) is 5.41 Å². The summed E-state index contributed by atoms with van der Waals surface area (Å²) in [6.07, 6.45) is 0.408. The first kappa shape index (κ1) is 29.2. The molecule has 0 aromatic heterocycles. The van der Waals surface area contributed by atoms with Gasteiger partial charge in [0, 0.05) is 80.5 Å². The predicted octanol–water partition coefficient (Wildman–Crippen LogP) is 4.61. The van der Waals surface area contributed by atoms with Crippen molar-refractivity contribution in [2.45, 2.75) is 39.7 Å². The summed E-state index contributed by atoms with van der Waals surface area (Å²) in [5, 5.41) is 7.27. The van der Waals surface area contributed by atoms with Crippen molar-refractivity contribution in [3.63, 3.8) is 0 Å². The number of fused-ring (bicyclic) bond motifs is 1. The fourth-order valence-electron chi connectivity index (χ4n) is 5.48. The molecule has 10 heteroatoms. The number of nitrogens with zero attached hydrogens (tertiary/aromatic N) is 3. The fraction of sp³-hybridized carbons (Fsp3) is 0.483. The van der Waals surface area contributed by atoms with Crippen molar-refractivity contribution in [1.29, 1.82) is 0 Å². The quantitative estimate of drug-likeness (QED) is 0.506. The van der Waals surface area contributed by atoms with Crippen molar-refractivity contribution >= 4 is 46.7 Å². The third-order valence-electron chi connectivity index (χ3n) is 7.28. The largest absolute Gasteiger partial charge is 0.339 e. The third-order valence-corrected chi connectivity index (χ3v) is 7.75. The molecule has 0 spiro atoms. The minimum Gasteiger partial charge on any atom is -0.339 e. The lowest BCUT2D eigenvalue weighted by molar-refractivity contribution is -0.130. The molecule has 2 aromatic rings. The number of carbonyl (C=O) groups is 3. The van der Waals surface area contributed by atoms with Gasteiger partial charge in [-0.3, -0.25) is 14.5 Å². The van der Waals surface area contributed by atoms with E-state index in [2.05, 4.69) is 36.3 Å². The molecule has 210 valence electrons. The Morgan fingerprint density at radius 1 is 1.03 bits per heavy atom. The van der Waals surface area contributed by atoms with Crippen LogP contribution >= 0.6 is 23.2 Å². The van der Waals surface area contributed by atoms with E-state index in [1.165, 1.54) is 0 Å². The molecule has 2 aromatic carbocycles. The number of nitrogens with one attached hydrogen (secondary N) is 2. The normalized spacial score (nSPS) is 19.2. The average Bonchev–Trinajstić information content (AvgIpc) is 3.13. The van der Waals surface area contributed by atoms with E-state index < -0.39 is 5.54 Å². The van der Waals surface area contributed by atoms with E-state index in [-0.39, 0.29) is 23.3 Å². The first-order valence-corrected chi connectivity index (χ1v) is 14.0. The molecule has 2 aliphatic rings. The van der Waals surface area contributed by atoms with Crippen molar-refractivity contribution < 1.29 is 14.4 Å². The van der Waals surface area contributed by atoms with E-state index in [4.69, 9.17) is 23.2 Å². The lowest BCUT2D eigenvalue weighted by Crippen LogP contribution is -2.57. The maximum Gasteiger partial charge on any atom is 0.317 e. The number of urea groups is 1. The number of piperazine rings is 1. The summed E-state index contributed by atoms with van der Waals surface area (Å²) in [6, 6.07) is 12.9. The van der Waals surface area contributed by atoms with Gasteiger partial charge in [-0.1, -0.05) is 62.2 Å². The predicted molar refractivity (Wildman–Crippen MR) is 155 cm³/mol. The maximum absolute atomic E-state index is 14.0. The highest BCUT2D eigenvalue weighted by Crippen LogP contribution is 2.45. The van der Waals surface area contributed by atoms with Gasteiger partial charge in [0.25, 0.3) is 0 Å². The lowest BCUT2D eigenvalue weighted by atomic mass is 9.81. The van der Waals surface area contributed by atoms with Crippen LogP contribution in [0.15, 0.2) is 42.5 Å². The Hall–Kier alpha value is -2.81. The van der Waals surface area contributed by atoms with Gasteiger partial charge in [0.05, 0.1) is 0 Å². The van der Waals surface area contributed by atoms with Gasteiger partial charge in [-0.25, -0.2) is 4.79 Å². The van der Waals surface area contributed by atoms with Gasteiger partial charge in [0.15, 0.2) is 0 Å². The summed E-state index contributed by atoms with van der Waals surface area (Å²) in [6.45, 7) is 11.4. The van der Waals surface area contributed by atoms with E-state index in [1.54, 1.807) is 22.8 Å². The zero-order valence-electron chi connectivity index (χ0n) is 23.0. The molecule has 2 N–H and O–H groups in total. The van der Waals surface area contributed by atoms with Crippen molar-refractivity contribution in [2.75, 3.05) is 51.1 Å². The number of benzene rings is 2. The Kier molecular flexibility index (Phi) is 8.78. The average molecular weight is 575 g/mol. The molecule has 1 fully saturated rings. The maximum atomic E-state index is 14.0. The molecule has 1 saturated heterocycles. The first-order valence-electron chi connectivity index (χ1n) is 13.3. The van der Waals surface area contributed by atoms with Crippen LogP contribution in [0.1, 0.15) is 38.8 Å². The molecule has 0 saturated carbocycles. The zero-order valence-corrected chi connectivity index (χ0v) is 24.5. The SMILES string of the molecule is CC(=O)N1CCN(C(=O)NCCN(CC(C)(C)C)C2(Cc3cccc(Cl)c3)C(=O)Nc3cc(Cl)ccc32)CC1. The Bertz CT molecular complexity index is 1240. The highest BCUT2D eigenvalue weighted by Gasteiger charge is 2.51. The van der Waals surface area contributed by atoms with Gasteiger partial charge in [-0.15, -0.1) is 0 Å². The summed E-state index contributed by atoms with van der Waals surface area (Å²) in [7, 11) is 0. The van der Waals surface area contributed by atoms with Crippen LogP contribution in [0, 0.1) is 5.41 Å². The summed E-state index contributed by atoms with van der Waals surface area (Å²) in [5.74, 6) is -0.107. The summed E-state index contributed by atoms with van der Waals surface area (Å²) in [4.78, 5) is 44.2. The third kappa shape index (κ3) is 6.68. The number of amides is 4.